The molecule has 1 saturated carbocycles. The molecule has 2 aromatic rings. The lowest BCUT2D eigenvalue weighted by molar-refractivity contribution is -0.130. The number of halogens is 1. The predicted molar refractivity (Wildman–Crippen MR) is 149 cm³/mol. The fraction of sp³-hybridized carbons (Fsp3) is 0.516. The number of hydrogen-bond acceptors (Lipinski definition) is 4. The zero-order valence-electron chi connectivity index (χ0n) is 23.2. The van der Waals surface area contributed by atoms with E-state index in [9.17, 15) is 18.8 Å². The van der Waals surface area contributed by atoms with E-state index in [4.69, 9.17) is 4.74 Å². The standard InChI is InChI=1S/C31H40FN3O4/c1-31(2,3)39-30(38)34-20-11-10-19-26(34)29(37)35(25-18-12-15-23(32)21-25)27(22-13-6-4-7-14-22)28(36)33-24-16-8-5-9-17-24/h4,6-7,12-15,18,21,24,26-27H,5,8-11,16-17,19-20H2,1-3H3,(H,33,36). The van der Waals surface area contributed by atoms with Gasteiger partial charge in [0.15, 0.2) is 0 Å². The summed E-state index contributed by atoms with van der Waals surface area (Å²) < 4.78 is 20.2. The van der Waals surface area contributed by atoms with E-state index in [-0.39, 0.29) is 17.6 Å². The molecule has 4 rings (SSSR count). The van der Waals surface area contributed by atoms with Crippen LogP contribution in [0.2, 0.25) is 0 Å². The summed E-state index contributed by atoms with van der Waals surface area (Å²) in [7, 11) is 0. The average Bonchev–Trinajstić information content (AvgIpc) is 2.91. The average molecular weight is 538 g/mol. The molecule has 8 heteroatoms. The molecule has 0 spiro atoms. The second-order valence-corrected chi connectivity index (χ2v) is 11.5. The molecular weight excluding hydrogens is 497 g/mol. The van der Waals surface area contributed by atoms with Crippen molar-refractivity contribution in [2.24, 2.45) is 0 Å². The molecular formula is C31H40FN3O4. The number of nitrogens with one attached hydrogen (secondary N) is 1. The normalized spacial score (nSPS) is 19.2. The third kappa shape index (κ3) is 7.37. The lowest BCUT2D eigenvalue weighted by Gasteiger charge is -2.40. The molecule has 0 bridgehead atoms. The van der Waals surface area contributed by atoms with Crippen LogP contribution in [-0.4, -0.2) is 47.0 Å². The van der Waals surface area contributed by atoms with Crippen LogP contribution in [0.3, 0.4) is 0 Å². The van der Waals surface area contributed by atoms with Crippen molar-refractivity contribution in [1.29, 1.82) is 0 Å². The van der Waals surface area contributed by atoms with E-state index in [1.807, 2.05) is 18.2 Å². The smallest absolute Gasteiger partial charge is 0.410 e. The molecule has 2 aliphatic rings. The maximum absolute atomic E-state index is 14.5. The second-order valence-electron chi connectivity index (χ2n) is 11.5. The first-order valence-electron chi connectivity index (χ1n) is 14.1. The minimum absolute atomic E-state index is 0.0230. The van der Waals surface area contributed by atoms with Crippen LogP contribution in [0.5, 0.6) is 0 Å². The fourth-order valence-corrected chi connectivity index (χ4v) is 5.50. The highest BCUT2D eigenvalue weighted by atomic mass is 19.1. The van der Waals surface area contributed by atoms with Crippen molar-refractivity contribution in [3.05, 3.63) is 66.0 Å². The number of carbonyl (C=O) groups excluding carboxylic acids is 3. The number of piperidine rings is 1. The van der Waals surface area contributed by atoms with Gasteiger partial charge in [-0.1, -0.05) is 55.7 Å². The fourth-order valence-electron chi connectivity index (χ4n) is 5.50. The topological polar surface area (TPSA) is 79.0 Å². The zero-order chi connectivity index (χ0) is 28.0. The van der Waals surface area contributed by atoms with Crippen molar-refractivity contribution in [2.45, 2.75) is 95.9 Å². The Labute approximate surface area is 230 Å². The quantitative estimate of drug-likeness (QED) is 0.480. The summed E-state index contributed by atoms with van der Waals surface area (Å²) in [6.45, 7) is 5.72. The summed E-state index contributed by atoms with van der Waals surface area (Å²) in [5, 5.41) is 3.17. The zero-order valence-corrected chi connectivity index (χ0v) is 23.2. The molecule has 0 aromatic heterocycles. The van der Waals surface area contributed by atoms with Gasteiger partial charge in [0.05, 0.1) is 0 Å². The minimum Gasteiger partial charge on any atom is -0.444 e. The number of rotatable bonds is 6. The van der Waals surface area contributed by atoms with Gasteiger partial charge in [-0.25, -0.2) is 9.18 Å². The first-order chi connectivity index (χ1) is 18.6. The number of hydrogen-bond donors (Lipinski definition) is 1. The third-order valence-electron chi connectivity index (χ3n) is 7.31. The number of amides is 3. The Morgan fingerprint density at radius 1 is 0.949 bits per heavy atom. The van der Waals surface area contributed by atoms with Crippen LogP contribution in [0, 0.1) is 5.82 Å². The van der Waals surface area contributed by atoms with E-state index in [0.717, 1.165) is 44.9 Å². The molecule has 39 heavy (non-hydrogen) atoms. The van der Waals surface area contributed by atoms with Gasteiger partial charge in [0, 0.05) is 18.3 Å². The molecule has 1 aliphatic heterocycles. The highest BCUT2D eigenvalue weighted by Crippen LogP contribution is 2.33. The molecule has 0 radical (unpaired) electrons. The molecule has 1 aliphatic carbocycles. The number of benzene rings is 2. The Morgan fingerprint density at radius 2 is 1.64 bits per heavy atom. The van der Waals surface area contributed by atoms with Crippen LogP contribution < -0.4 is 10.2 Å². The lowest BCUT2D eigenvalue weighted by Crippen LogP contribution is -2.56. The molecule has 2 unspecified atom stereocenters. The Hall–Kier alpha value is -3.42. The summed E-state index contributed by atoms with van der Waals surface area (Å²) in [5.41, 5.74) is 0.155. The van der Waals surface area contributed by atoms with Crippen LogP contribution in [0.4, 0.5) is 14.9 Å². The van der Waals surface area contributed by atoms with Crippen LogP contribution in [0.25, 0.3) is 0 Å². The number of nitrogens with zero attached hydrogens (tertiary/aromatic N) is 2. The minimum atomic E-state index is -1.04. The Bertz CT molecular complexity index is 1140. The van der Waals surface area contributed by atoms with E-state index in [2.05, 4.69) is 5.32 Å². The monoisotopic (exact) mass is 537 g/mol. The summed E-state index contributed by atoms with van der Waals surface area (Å²) >= 11 is 0. The molecule has 1 saturated heterocycles. The molecule has 2 atom stereocenters. The number of carbonyl (C=O) groups is 3. The van der Waals surface area contributed by atoms with E-state index in [1.165, 1.54) is 28.0 Å². The summed E-state index contributed by atoms with van der Waals surface area (Å²) in [6.07, 6.45) is 6.35. The first kappa shape index (κ1) is 28.6. The lowest BCUT2D eigenvalue weighted by atomic mass is 9.94. The third-order valence-corrected chi connectivity index (χ3v) is 7.31. The summed E-state index contributed by atoms with van der Waals surface area (Å²) in [4.78, 5) is 44.5. The number of ether oxygens (including phenoxy) is 1. The molecule has 7 nitrogen and oxygen atoms in total. The molecule has 210 valence electrons. The summed E-state index contributed by atoms with van der Waals surface area (Å²) in [5.74, 6) is -1.26. The van der Waals surface area contributed by atoms with Gasteiger partial charge in [-0.2, -0.15) is 0 Å². The van der Waals surface area contributed by atoms with Crippen LogP contribution >= 0.6 is 0 Å². The second kappa shape index (κ2) is 12.6. The Kier molecular flexibility index (Phi) is 9.25. The SMILES string of the molecule is CC(C)(C)OC(=O)N1CCCCC1C(=O)N(c1cccc(F)c1)C(C(=O)NC1CCCCC1)c1ccccc1. The van der Waals surface area contributed by atoms with E-state index in [0.29, 0.717) is 18.5 Å². The Balaban J connectivity index is 1.76. The maximum atomic E-state index is 14.5. The van der Waals surface area contributed by atoms with Gasteiger partial charge in [-0.3, -0.25) is 19.4 Å². The molecule has 2 fully saturated rings. The molecule has 2 aromatic carbocycles. The van der Waals surface area contributed by atoms with Crippen molar-refractivity contribution in [1.82, 2.24) is 10.2 Å². The summed E-state index contributed by atoms with van der Waals surface area (Å²) in [6, 6.07) is 13.0. The molecule has 1 N–H and O–H groups in total. The van der Waals surface area contributed by atoms with Gasteiger partial charge in [0.2, 0.25) is 5.91 Å². The van der Waals surface area contributed by atoms with Crippen LogP contribution in [0.1, 0.15) is 83.7 Å². The van der Waals surface area contributed by atoms with Crippen molar-refractivity contribution >= 4 is 23.6 Å². The van der Waals surface area contributed by atoms with Crippen molar-refractivity contribution < 1.29 is 23.5 Å². The predicted octanol–water partition coefficient (Wildman–Crippen LogP) is 6.14. The van der Waals surface area contributed by atoms with Crippen molar-refractivity contribution in [3.63, 3.8) is 0 Å². The van der Waals surface area contributed by atoms with Gasteiger partial charge in [0.25, 0.3) is 5.91 Å². The maximum Gasteiger partial charge on any atom is 0.410 e. The number of likely N-dealkylation sites (tertiary alicyclic amines) is 1. The van der Waals surface area contributed by atoms with E-state index in [1.54, 1.807) is 39.0 Å². The van der Waals surface area contributed by atoms with E-state index >= 15 is 0 Å². The van der Waals surface area contributed by atoms with Gasteiger partial charge in [-0.15, -0.1) is 0 Å². The van der Waals surface area contributed by atoms with Gasteiger partial charge < -0.3 is 10.1 Å². The Morgan fingerprint density at radius 3 is 2.31 bits per heavy atom. The van der Waals surface area contributed by atoms with Gasteiger partial charge in [0.1, 0.15) is 23.5 Å². The van der Waals surface area contributed by atoms with Crippen LogP contribution in [-0.2, 0) is 14.3 Å². The first-order valence-corrected chi connectivity index (χ1v) is 14.1. The van der Waals surface area contributed by atoms with Crippen LogP contribution in [0.15, 0.2) is 54.6 Å². The molecule has 1 heterocycles. The van der Waals surface area contributed by atoms with Gasteiger partial charge in [-0.05, 0) is 76.6 Å². The highest BCUT2D eigenvalue weighted by molar-refractivity contribution is 6.04. The van der Waals surface area contributed by atoms with Gasteiger partial charge >= 0.3 is 6.09 Å². The largest absolute Gasteiger partial charge is 0.444 e. The number of anilines is 1. The van der Waals surface area contributed by atoms with E-state index < -0.39 is 35.5 Å². The van der Waals surface area contributed by atoms with Crippen molar-refractivity contribution in [2.75, 3.05) is 11.4 Å². The van der Waals surface area contributed by atoms with Crippen molar-refractivity contribution in [3.8, 4) is 0 Å². The molecule has 3 amide bonds. The highest BCUT2D eigenvalue weighted by Gasteiger charge is 2.42.